The molecule has 1 aromatic carbocycles. The number of aryl methyl sites for hydroxylation is 1. The lowest BCUT2D eigenvalue weighted by Crippen LogP contribution is -2.23. The van der Waals surface area contributed by atoms with Crippen molar-refractivity contribution < 1.29 is 9.53 Å². The molecule has 124 valence electrons. The fourth-order valence-electron chi connectivity index (χ4n) is 1.83. The lowest BCUT2D eigenvalue weighted by Gasteiger charge is -2.12. The van der Waals surface area contributed by atoms with Gasteiger partial charge >= 0.3 is 0 Å². The smallest absolute Gasteiger partial charge is 0.237 e. The standard InChI is InChI=1S/C14H18ClN5O2S/c1-4-12-18-19-14(20(12)16)23-8(2)13(21)17-9-5-6-11(22-3)10(15)7-9/h5-8H,4,16H2,1-3H3,(H,17,21). The lowest BCUT2D eigenvalue weighted by atomic mass is 10.3. The third kappa shape index (κ3) is 4.08. The Kier molecular flexibility index (Phi) is 5.73. The van der Waals surface area contributed by atoms with Crippen LogP contribution >= 0.6 is 23.4 Å². The summed E-state index contributed by atoms with van der Waals surface area (Å²) < 4.78 is 6.48. The second kappa shape index (κ2) is 7.56. The highest BCUT2D eigenvalue weighted by molar-refractivity contribution is 8.00. The number of carbonyl (C=O) groups is 1. The molecule has 0 radical (unpaired) electrons. The largest absolute Gasteiger partial charge is 0.495 e. The average molecular weight is 356 g/mol. The summed E-state index contributed by atoms with van der Waals surface area (Å²) >= 11 is 7.28. The molecule has 0 aliphatic carbocycles. The van der Waals surface area contributed by atoms with Gasteiger partial charge in [0.25, 0.3) is 0 Å². The fourth-order valence-corrected chi connectivity index (χ4v) is 2.88. The van der Waals surface area contributed by atoms with E-state index in [9.17, 15) is 4.79 Å². The molecule has 7 nitrogen and oxygen atoms in total. The van der Waals surface area contributed by atoms with Crippen LogP contribution in [0.15, 0.2) is 23.4 Å². The van der Waals surface area contributed by atoms with Crippen molar-refractivity contribution in [2.75, 3.05) is 18.3 Å². The van der Waals surface area contributed by atoms with E-state index in [1.54, 1.807) is 25.1 Å². The van der Waals surface area contributed by atoms with Gasteiger partial charge in [0, 0.05) is 12.1 Å². The van der Waals surface area contributed by atoms with Crippen LogP contribution in [0, 0.1) is 0 Å². The van der Waals surface area contributed by atoms with E-state index in [1.165, 1.54) is 23.5 Å². The van der Waals surface area contributed by atoms with E-state index in [4.69, 9.17) is 22.2 Å². The van der Waals surface area contributed by atoms with Crippen LogP contribution in [0.3, 0.4) is 0 Å². The summed E-state index contributed by atoms with van der Waals surface area (Å²) in [6, 6.07) is 5.05. The molecule has 2 rings (SSSR count). The minimum absolute atomic E-state index is 0.183. The number of thioether (sulfide) groups is 1. The molecule has 0 bridgehead atoms. The van der Waals surface area contributed by atoms with E-state index in [0.29, 0.717) is 33.9 Å². The number of nitrogen functional groups attached to an aromatic ring is 1. The Morgan fingerprint density at radius 1 is 1.52 bits per heavy atom. The number of aromatic nitrogens is 3. The van der Waals surface area contributed by atoms with Gasteiger partial charge in [0.2, 0.25) is 11.1 Å². The number of rotatable bonds is 6. The zero-order valence-electron chi connectivity index (χ0n) is 13.0. The second-order valence-electron chi connectivity index (χ2n) is 4.72. The number of hydrogen-bond donors (Lipinski definition) is 2. The molecule has 0 aliphatic rings. The summed E-state index contributed by atoms with van der Waals surface area (Å²) in [6.07, 6.45) is 0.676. The minimum Gasteiger partial charge on any atom is -0.495 e. The zero-order chi connectivity index (χ0) is 17.0. The average Bonchev–Trinajstić information content (AvgIpc) is 2.87. The van der Waals surface area contributed by atoms with Crippen LogP contribution in [-0.4, -0.2) is 33.1 Å². The Morgan fingerprint density at radius 2 is 2.26 bits per heavy atom. The molecule has 1 atom stereocenters. The van der Waals surface area contributed by atoms with E-state index in [2.05, 4.69) is 15.5 Å². The summed E-state index contributed by atoms with van der Waals surface area (Å²) in [5.74, 6) is 6.91. The van der Waals surface area contributed by atoms with Gasteiger partial charge in [0.15, 0.2) is 5.82 Å². The Labute approximate surface area is 143 Å². The number of ether oxygens (including phenoxy) is 1. The molecular weight excluding hydrogens is 338 g/mol. The van der Waals surface area contributed by atoms with E-state index < -0.39 is 5.25 Å². The SMILES string of the molecule is CCc1nnc(SC(C)C(=O)Nc2ccc(OC)c(Cl)c2)n1N. The first-order valence-corrected chi connectivity index (χ1v) is 8.22. The lowest BCUT2D eigenvalue weighted by molar-refractivity contribution is -0.115. The Balaban J connectivity index is 2.02. The number of halogens is 1. The van der Waals surface area contributed by atoms with Crippen molar-refractivity contribution in [2.45, 2.75) is 30.7 Å². The highest BCUT2D eigenvalue weighted by Crippen LogP contribution is 2.28. The molecule has 1 amide bonds. The molecule has 1 heterocycles. The molecule has 1 aromatic heterocycles. The predicted octanol–water partition coefficient (Wildman–Crippen LogP) is 2.34. The van der Waals surface area contributed by atoms with Crippen molar-refractivity contribution >= 4 is 35.0 Å². The first-order chi connectivity index (χ1) is 11.0. The molecule has 0 fully saturated rings. The number of nitrogens with zero attached hydrogens (tertiary/aromatic N) is 3. The maximum absolute atomic E-state index is 12.3. The van der Waals surface area contributed by atoms with Gasteiger partial charge in [0.1, 0.15) is 5.75 Å². The maximum atomic E-state index is 12.3. The number of nitrogens with two attached hydrogens (primary N) is 1. The Hall–Kier alpha value is -1.93. The highest BCUT2D eigenvalue weighted by atomic mass is 35.5. The maximum Gasteiger partial charge on any atom is 0.237 e. The number of hydrogen-bond acceptors (Lipinski definition) is 6. The van der Waals surface area contributed by atoms with Crippen LogP contribution in [0.4, 0.5) is 5.69 Å². The van der Waals surface area contributed by atoms with Crippen LogP contribution in [0.1, 0.15) is 19.7 Å². The van der Waals surface area contributed by atoms with Gasteiger partial charge in [-0.05, 0) is 25.1 Å². The summed E-state index contributed by atoms with van der Waals surface area (Å²) in [5, 5.41) is 11.3. The summed E-state index contributed by atoms with van der Waals surface area (Å²) in [6.45, 7) is 3.71. The van der Waals surface area contributed by atoms with E-state index in [0.717, 1.165) is 0 Å². The third-order valence-electron chi connectivity index (χ3n) is 3.12. The van der Waals surface area contributed by atoms with Crippen molar-refractivity contribution in [2.24, 2.45) is 0 Å². The Bertz CT molecular complexity index is 706. The van der Waals surface area contributed by atoms with Gasteiger partial charge in [-0.2, -0.15) is 0 Å². The molecule has 1 unspecified atom stereocenters. The monoisotopic (exact) mass is 355 g/mol. The van der Waals surface area contributed by atoms with Gasteiger partial charge in [-0.1, -0.05) is 30.3 Å². The highest BCUT2D eigenvalue weighted by Gasteiger charge is 2.19. The third-order valence-corrected chi connectivity index (χ3v) is 4.47. The fraction of sp³-hybridized carbons (Fsp3) is 0.357. The Morgan fingerprint density at radius 3 is 2.83 bits per heavy atom. The quantitative estimate of drug-likeness (QED) is 0.610. The molecule has 0 saturated carbocycles. The molecular formula is C14H18ClN5O2S. The van der Waals surface area contributed by atoms with Crippen molar-refractivity contribution in [3.05, 3.63) is 29.0 Å². The van der Waals surface area contributed by atoms with E-state index >= 15 is 0 Å². The number of methoxy groups -OCH3 is 1. The van der Waals surface area contributed by atoms with Gasteiger partial charge < -0.3 is 15.9 Å². The summed E-state index contributed by atoms with van der Waals surface area (Å²) in [7, 11) is 1.53. The van der Waals surface area contributed by atoms with Crippen molar-refractivity contribution in [1.29, 1.82) is 0 Å². The van der Waals surface area contributed by atoms with Crippen LogP contribution in [-0.2, 0) is 11.2 Å². The molecule has 9 heteroatoms. The van der Waals surface area contributed by atoms with E-state index in [1.807, 2.05) is 6.92 Å². The molecule has 0 spiro atoms. The van der Waals surface area contributed by atoms with Gasteiger partial charge in [-0.15, -0.1) is 10.2 Å². The van der Waals surface area contributed by atoms with Crippen LogP contribution in [0.5, 0.6) is 5.75 Å². The number of anilines is 1. The van der Waals surface area contributed by atoms with Crippen LogP contribution < -0.4 is 15.9 Å². The van der Waals surface area contributed by atoms with Crippen molar-refractivity contribution in [3.8, 4) is 5.75 Å². The molecule has 23 heavy (non-hydrogen) atoms. The van der Waals surface area contributed by atoms with Crippen LogP contribution in [0.25, 0.3) is 0 Å². The number of amides is 1. The second-order valence-corrected chi connectivity index (χ2v) is 6.44. The topological polar surface area (TPSA) is 95.1 Å². The molecule has 2 aromatic rings. The normalized spacial score (nSPS) is 12.0. The van der Waals surface area contributed by atoms with Gasteiger partial charge in [0.05, 0.1) is 17.4 Å². The number of carbonyl (C=O) groups excluding carboxylic acids is 1. The van der Waals surface area contributed by atoms with Crippen molar-refractivity contribution in [1.82, 2.24) is 14.9 Å². The first kappa shape index (κ1) is 17.4. The minimum atomic E-state index is -0.396. The van der Waals surface area contributed by atoms with Gasteiger partial charge in [-0.3, -0.25) is 4.79 Å². The molecule has 3 N–H and O–H groups in total. The predicted molar refractivity (Wildman–Crippen MR) is 91.5 cm³/mol. The summed E-state index contributed by atoms with van der Waals surface area (Å²) in [5.41, 5.74) is 0.594. The first-order valence-electron chi connectivity index (χ1n) is 6.96. The molecule has 0 aliphatic heterocycles. The van der Waals surface area contributed by atoms with Crippen LogP contribution in [0.2, 0.25) is 5.02 Å². The van der Waals surface area contributed by atoms with Crippen molar-refractivity contribution in [3.63, 3.8) is 0 Å². The number of benzene rings is 1. The summed E-state index contributed by atoms with van der Waals surface area (Å²) in [4.78, 5) is 12.3. The van der Waals surface area contributed by atoms with Gasteiger partial charge in [-0.25, -0.2) is 4.68 Å². The zero-order valence-corrected chi connectivity index (χ0v) is 14.6. The number of nitrogens with one attached hydrogen (secondary N) is 1. The molecule has 0 saturated heterocycles. The van der Waals surface area contributed by atoms with E-state index in [-0.39, 0.29) is 5.91 Å².